The Labute approximate surface area is 124 Å². The second-order valence-corrected chi connectivity index (χ2v) is 6.36. The molecule has 1 fully saturated rings. The van der Waals surface area contributed by atoms with Crippen LogP contribution < -0.4 is 0 Å². The summed E-state index contributed by atoms with van der Waals surface area (Å²) in [7, 11) is 8.19. The van der Waals surface area contributed by atoms with E-state index < -0.39 is 0 Å². The van der Waals surface area contributed by atoms with Crippen molar-refractivity contribution in [3.8, 4) is 0 Å². The SMILES string of the molecule is CC(C)CC(CN=C(N(C)C)N(C)C)N1CCOCC1. The molecule has 1 saturated heterocycles. The predicted octanol–water partition coefficient (Wildman–Crippen LogP) is 1.21. The lowest BCUT2D eigenvalue weighted by molar-refractivity contribution is 0.0142. The fourth-order valence-electron chi connectivity index (χ4n) is 2.70. The molecule has 0 bridgehead atoms. The van der Waals surface area contributed by atoms with Gasteiger partial charge in [-0.3, -0.25) is 9.89 Å². The molecule has 5 nitrogen and oxygen atoms in total. The van der Waals surface area contributed by atoms with E-state index in [1.54, 1.807) is 0 Å². The Morgan fingerprint density at radius 3 is 2.10 bits per heavy atom. The molecule has 0 amide bonds. The topological polar surface area (TPSA) is 31.3 Å². The summed E-state index contributed by atoms with van der Waals surface area (Å²) in [4.78, 5) is 11.5. The highest BCUT2D eigenvalue weighted by Gasteiger charge is 2.22. The van der Waals surface area contributed by atoms with Crippen LogP contribution in [0.15, 0.2) is 4.99 Å². The number of morpholine rings is 1. The standard InChI is InChI=1S/C15H32N4O/c1-13(2)11-14(19-7-9-20-10-8-19)12-16-15(17(3)4)18(5)6/h13-14H,7-12H2,1-6H3. The lowest BCUT2D eigenvalue weighted by Crippen LogP contribution is -2.46. The zero-order valence-electron chi connectivity index (χ0n) is 14.1. The zero-order valence-corrected chi connectivity index (χ0v) is 14.1. The van der Waals surface area contributed by atoms with Gasteiger partial charge in [-0.25, -0.2) is 0 Å². The van der Waals surface area contributed by atoms with Gasteiger partial charge in [-0.15, -0.1) is 0 Å². The van der Waals surface area contributed by atoms with E-state index in [1.165, 1.54) is 6.42 Å². The Kier molecular flexibility index (Phi) is 7.30. The Morgan fingerprint density at radius 2 is 1.65 bits per heavy atom. The van der Waals surface area contributed by atoms with Crippen LogP contribution in [0.4, 0.5) is 0 Å². The van der Waals surface area contributed by atoms with E-state index in [-0.39, 0.29) is 0 Å². The molecule has 0 aliphatic carbocycles. The van der Waals surface area contributed by atoms with Crippen molar-refractivity contribution in [1.29, 1.82) is 0 Å². The molecule has 0 aromatic heterocycles. The van der Waals surface area contributed by atoms with Gasteiger partial charge in [0.05, 0.1) is 19.8 Å². The maximum atomic E-state index is 5.46. The van der Waals surface area contributed by atoms with Crippen LogP contribution in [0.25, 0.3) is 0 Å². The summed E-state index contributed by atoms with van der Waals surface area (Å²) in [5.74, 6) is 1.73. The maximum Gasteiger partial charge on any atom is 0.195 e. The van der Waals surface area contributed by atoms with Crippen LogP contribution in [-0.4, -0.2) is 87.7 Å². The van der Waals surface area contributed by atoms with Gasteiger partial charge in [-0.05, 0) is 12.3 Å². The molecule has 0 radical (unpaired) electrons. The van der Waals surface area contributed by atoms with E-state index in [4.69, 9.17) is 9.73 Å². The molecule has 1 atom stereocenters. The Bertz CT molecular complexity index is 286. The molecule has 0 saturated carbocycles. The van der Waals surface area contributed by atoms with Crippen LogP contribution in [0.3, 0.4) is 0 Å². The van der Waals surface area contributed by atoms with Gasteiger partial charge in [0.2, 0.25) is 0 Å². The van der Waals surface area contributed by atoms with E-state index >= 15 is 0 Å². The van der Waals surface area contributed by atoms with Gasteiger partial charge in [-0.1, -0.05) is 13.8 Å². The smallest absolute Gasteiger partial charge is 0.195 e. The van der Waals surface area contributed by atoms with Crippen LogP contribution in [0.1, 0.15) is 20.3 Å². The van der Waals surface area contributed by atoms with Crippen molar-refractivity contribution in [2.75, 3.05) is 61.0 Å². The van der Waals surface area contributed by atoms with Gasteiger partial charge in [0, 0.05) is 47.3 Å². The number of rotatable bonds is 5. The summed E-state index contributed by atoms with van der Waals surface area (Å²) in [5, 5.41) is 0. The van der Waals surface area contributed by atoms with Gasteiger partial charge < -0.3 is 14.5 Å². The highest BCUT2D eigenvalue weighted by molar-refractivity contribution is 5.79. The van der Waals surface area contributed by atoms with Crippen molar-refractivity contribution in [3.05, 3.63) is 0 Å². The highest BCUT2D eigenvalue weighted by Crippen LogP contribution is 2.14. The van der Waals surface area contributed by atoms with Crippen LogP contribution in [0, 0.1) is 5.92 Å². The van der Waals surface area contributed by atoms with Crippen molar-refractivity contribution in [1.82, 2.24) is 14.7 Å². The average molecular weight is 284 g/mol. The van der Waals surface area contributed by atoms with Gasteiger partial charge >= 0.3 is 0 Å². The number of hydrogen-bond acceptors (Lipinski definition) is 3. The molecule has 0 spiro atoms. The van der Waals surface area contributed by atoms with E-state index in [0.717, 1.165) is 38.8 Å². The molecule has 1 unspecified atom stereocenters. The second kappa shape index (κ2) is 8.47. The van der Waals surface area contributed by atoms with E-state index in [9.17, 15) is 0 Å². The van der Waals surface area contributed by atoms with Crippen molar-refractivity contribution in [2.45, 2.75) is 26.3 Å². The third-order valence-electron chi connectivity index (χ3n) is 3.55. The first kappa shape index (κ1) is 17.2. The summed E-state index contributed by atoms with van der Waals surface area (Å²) < 4.78 is 5.46. The molecule has 118 valence electrons. The summed E-state index contributed by atoms with van der Waals surface area (Å²) in [6, 6.07) is 0.522. The minimum absolute atomic E-state index is 0.522. The van der Waals surface area contributed by atoms with Crippen LogP contribution in [0.5, 0.6) is 0 Å². The second-order valence-electron chi connectivity index (χ2n) is 6.36. The number of ether oxygens (including phenoxy) is 1. The Balaban J connectivity index is 2.70. The largest absolute Gasteiger partial charge is 0.379 e. The molecule has 0 aromatic rings. The summed E-state index contributed by atoms with van der Waals surface area (Å²) in [5.41, 5.74) is 0. The average Bonchev–Trinajstić information content (AvgIpc) is 2.37. The fourth-order valence-corrected chi connectivity index (χ4v) is 2.70. The minimum Gasteiger partial charge on any atom is -0.379 e. The summed E-state index contributed by atoms with van der Waals surface area (Å²) >= 11 is 0. The van der Waals surface area contributed by atoms with Crippen molar-refractivity contribution in [3.63, 3.8) is 0 Å². The predicted molar refractivity (Wildman–Crippen MR) is 85.3 cm³/mol. The molecule has 1 aliphatic heterocycles. The lowest BCUT2D eigenvalue weighted by atomic mass is 10.0. The molecule has 1 aliphatic rings. The zero-order chi connectivity index (χ0) is 15.1. The molecule has 0 aromatic carbocycles. The normalized spacial score (nSPS) is 17.9. The monoisotopic (exact) mass is 284 g/mol. The summed E-state index contributed by atoms with van der Waals surface area (Å²) in [6.45, 7) is 9.22. The van der Waals surface area contributed by atoms with Crippen LogP contribution in [0.2, 0.25) is 0 Å². The first-order valence-electron chi connectivity index (χ1n) is 7.62. The quantitative estimate of drug-likeness (QED) is 0.561. The van der Waals surface area contributed by atoms with Gasteiger partial charge in [-0.2, -0.15) is 0 Å². The third-order valence-corrected chi connectivity index (χ3v) is 3.55. The van der Waals surface area contributed by atoms with E-state index in [0.29, 0.717) is 12.0 Å². The molecular formula is C15H32N4O. The number of hydrogen-bond donors (Lipinski definition) is 0. The van der Waals surface area contributed by atoms with E-state index in [1.807, 2.05) is 28.2 Å². The van der Waals surface area contributed by atoms with Gasteiger partial charge in [0.15, 0.2) is 5.96 Å². The van der Waals surface area contributed by atoms with Crippen molar-refractivity contribution in [2.24, 2.45) is 10.9 Å². The molecule has 20 heavy (non-hydrogen) atoms. The third kappa shape index (κ3) is 5.67. The van der Waals surface area contributed by atoms with Crippen LogP contribution in [-0.2, 0) is 4.74 Å². The number of nitrogens with zero attached hydrogens (tertiary/aromatic N) is 4. The molecule has 0 N–H and O–H groups in total. The molecular weight excluding hydrogens is 252 g/mol. The van der Waals surface area contributed by atoms with Crippen LogP contribution >= 0.6 is 0 Å². The minimum atomic E-state index is 0.522. The van der Waals surface area contributed by atoms with Crippen molar-refractivity contribution >= 4 is 5.96 Å². The fraction of sp³-hybridized carbons (Fsp3) is 0.933. The van der Waals surface area contributed by atoms with Gasteiger partial charge in [0.25, 0.3) is 0 Å². The molecule has 5 heteroatoms. The molecule has 1 heterocycles. The van der Waals surface area contributed by atoms with Crippen molar-refractivity contribution < 1.29 is 4.74 Å². The Morgan fingerprint density at radius 1 is 1.10 bits per heavy atom. The number of guanidine groups is 1. The maximum absolute atomic E-state index is 5.46. The molecule has 1 rings (SSSR count). The lowest BCUT2D eigenvalue weighted by Gasteiger charge is -2.35. The summed E-state index contributed by atoms with van der Waals surface area (Å²) in [6.07, 6.45) is 1.19. The first-order chi connectivity index (χ1) is 9.41. The Hall–Kier alpha value is -0.810. The highest BCUT2D eigenvalue weighted by atomic mass is 16.5. The first-order valence-corrected chi connectivity index (χ1v) is 7.62. The van der Waals surface area contributed by atoms with Gasteiger partial charge in [0.1, 0.15) is 0 Å². The van der Waals surface area contributed by atoms with E-state index in [2.05, 4.69) is 28.5 Å². The number of aliphatic imine (C=N–C) groups is 1.